The van der Waals surface area contributed by atoms with Gasteiger partial charge in [-0.05, 0) is 23.8 Å². The number of methoxy groups -OCH3 is 1. The van der Waals surface area contributed by atoms with E-state index in [1.54, 1.807) is 35.1 Å². The number of nitrogens with one attached hydrogen (secondary N) is 2. The molecule has 8 heteroatoms. The van der Waals surface area contributed by atoms with Crippen LogP contribution in [0.1, 0.15) is 23.6 Å². The van der Waals surface area contributed by atoms with E-state index in [4.69, 9.17) is 16.3 Å². The molecule has 0 aliphatic carbocycles. The van der Waals surface area contributed by atoms with Gasteiger partial charge in [0, 0.05) is 23.3 Å². The summed E-state index contributed by atoms with van der Waals surface area (Å²) in [5.74, 6) is -0.445. The van der Waals surface area contributed by atoms with Crippen LogP contribution in [0, 0.1) is 0 Å². The Kier molecular flexibility index (Phi) is 6.86. The summed E-state index contributed by atoms with van der Waals surface area (Å²) in [6.07, 6.45) is 3.50. The predicted octanol–water partition coefficient (Wildman–Crippen LogP) is 3.63. The fourth-order valence-corrected chi connectivity index (χ4v) is 3.08. The number of urea groups is 1. The number of aromatic nitrogens is 2. The van der Waals surface area contributed by atoms with Crippen molar-refractivity contribution < 1.29 is 14.3 Å². The quantitative estimate of drug-likeness (QED) is 0.580. The lowest BCUT2D eigenvalue weighted by atomic mass is 10.0. The third kappa shape index (κ3) is 5.58. The van der Waals surface area contributed by atoms with Gasteiger partial charge in [0.2, 0.25) is 0 Å². The van der Waals surface area contributed by atoms with Crippen LogP contribution in [0.4, 0.5) is 4.79 Å². The van der Waals surface area contributed by atoms with Crippen molar-refractivity contribution in [2.24, 2.45) is 0 Å². The molecule has 0 saturated carbocycles. The third-order valence-corrected chi connectivity index (χ3v) is 4.64. The first-order valence-electron chi connectivity index (χ1n) is 9.01. The summed E-state index contributed by atoms with van der Waals surface area (Å²) < 4.78 is 6.47. The Labute approximate surface area is 173 Å². The molecule has 0 bridgehead atoms. The van der Waals surface area contributed by atoms with Gasteiger partial charge in [-0.1, -0.05) is 48.0 Å². The average Bonchev–Trinajstić information content (AvgIpc) is 3.22. The Bertz CT molecular complexity index is 975. The molecular weight excluding hydrogens is 392 g/mol. The number of nitrogens with zero attached hydrogens (tertiary/aromatic N) is 2. The number of hydrogen-bond acceptors (Lipinski definition) is 4. The van der Waals surface area contributed by atoms with E-state index in [0.717, 1.165) is 11.3 Å². The molecule has 29 heavy (non-hydrogen) atoms. The van der Waals surface area contributed by atoms with Gasteiger partial charge >= 0.3 is 12.0 Å². The van der Waals surface area contributed by atoms with E-state index in [2.05, 4.69) is 15.7 Å². The van der Waals surface area contributed by atoms with Gasteiger partial charge in [0.05, 0.1) is 31.5 Å². The van der Waals surface area contributed by atoms with E-state index in [1.165, 1.54) is 7.11 Å². The van der Waals surface area contributed by atoms with Gasteiger partial charge in [-0.25, -0.2) is 9.48 Å². The molecule has 0 radical (unpaired) electrons. The summed E-state index contributed by atoms with van der Waals surface area (Å²) >= 11 is 6.23. The maximum atomic E-state index is 12.4. The van der Waals surface area contributed by atoms with Crippen molar-refractivity contribution in [3.8, 4) is 5.69 Å². The number of hydrogen-bond donors (Lipinski definition) is 2. The van der Waals surface area contributed by atoms with Crippen LogP contribution in [0.2, 0.25) is 5.02 Å². The first-order chi connectivity index (χ1) is 14.1. The highest BCUT2D eigenvalue weighted by atomic mass is 35.5. The lowest BCUT2D eigenvalue weighted by Gasteiger charge is -2.19. The van der Waals surface area contributed by atoms with Gasteiger partial charge < -0.3 is 15.4 Å². The first-order valence-corrected chi connectivity index (χ1v) is 9.39. The summed E-state index contributed by atoms with van der Waals surface area (Å²) in [6, 6.07) is 15.7. The second kappa shape index (κ2) is 9.75. The molecule has 0 unspecified atom stereocenters. The lowest BCUT2D eigenvalue weighted by Crippen LogP contribution is -2.38. The van der Waals surface area contributed by atoms with Crippen molar-refractivity contribution in [2.75, 3.05) is 7.11 Å². The molecule has 1 heterocycles. The number of carbonyl (C=O) groups excluding carboxylic acids is 2. The molecule has 0 saturated heterocycles. The smallest absolute Gasteiger partial charge is 0.315 e. The molecular formula is C21H21ClN4O3. The van der Waals surface area contributed by atoms with Crippen LogP contribution in [-0.2, 0) is 16.1 Å². The molecule has 0 aliphatic heterocycles. The number of benzene rings is 2. The largest absolute Gasteiger partial charge is 0.469 e. The Morgan fingerprint density at radius 3 is 2.59 bits per heavy atom. The standard InChI is InChI=1S/C21H21ClN4O3/c1-29-20(27)11-19(17-9-5-6-10-18(17)22)25-21(28)23-12-15-13-24-26(14-15)16-7-3-2-4-8-16/h2-10,13-14,19H,11-12H2,1H3,(H2,23,25,28)/t19-/m0/s1. The fourth-order valence-electron chi connectivity index (χ4n) is 2.81. The van der Waals surface area contributed by atoms with Gasteiger partial charge in [-0.15, -0.1) is 0 Å². The van der Waals surface area contributed by atoms with Crippen LogP contribution in [-0.4, -0.2) is 28.9 Å². The molecule has 0 spiro atoms. The summed E-state index contributed by atoms with van der Waals surface area (Å²) in [5.41, 5.74) is 2.41. The number of carbonyl (C=O) groups is 2. The highest BCUT2D eigenvalue weighted by Crippen LogP contribution is 2.25. The zero-order valence-electron chi connectivity index (χ0n) is 15.8. The van der Waals surface area contributed by atoms with Crippen LogP contribution in [0.25, 0.3) is 5.69 Å². The second-order valence-electron chi connectivity index (χ2n) is 6.31. The molecule has 2 N–H and O–H groups in total. The van der Waals surface area contributed by atoms with Crippen LogP contribution in [0.5, 0.6) is 0 Å². The zero-order chi connectivity index (χ0) is 20.6. The minimum Gasteiger partial charge on any atom is -0.469 e. The Hall–Kier alpha value is -3.32. The van der Waals surface area contributed by atoms with E-state index in [1.807, 2.05) is 36.5 Å². The maximum absolute atomic E-state index is 12.4. The summed E-state index contributed by atoms with van der Waals surface area (Å²) in [5, 5.41) is 10.3. The topological polar surface area (TPSA) is 85.2 Å². The molecule has 1 atom stereocenters. The van der Waals surface area contributed by atoms with E-state index in [9.17, 15) is 9.59 Å². The molecule has 7 nitrogen and oxygen atoms in total. The number of rotatable bonds is 7. The zero-order valence-corrected chi connectivity index (χ0v) is 16.6. The van der Waals surface area contributed by atoms with E-state index >= 15 is 0 Å². The molecule has 0 fully saturated rings. The van der Waals surface area contributed by atoms with Crippen molar-refractivity contribution in [2.45, 2.75) is 19.0 Å². The molecule has 0 aliphatic rings. The van der Waals surface area contributed by atoms with E-state index in [0.29, 0.717) is 10.6 Å². The Morgan fingerprint density at radius 1 is 1.14 bits per heavy atom. The summed E-state index contributed by atoms with van der Waals surface area (Å²) in [4.78, 5) is 24.2. The number of esters is 1. The number of halogens is 1. The van der Waals surface area contributed by atoms with Crippen LogP contribution in [0.15, 0.2) is 67.0 Å². The SMILES string of the molecule is COC(=O)C[C@H](NC(=O)NCc1cnn(-c2ccccc2)c1)c1ccccc1Cl. The van der Waals surface area contributed by atoms with Crippen molar-refractivity contribution in [1.82, 2.24) is 20.4 Å². The van der Waals surface area contributed by atoms with Gasteiger partial charge in [-0.3, -0.25) is 4.79 Å². The van der Waals surface area contributed by atoms with Crippen LogP contribution in [0.3, 0.4) is 0 Å². The van der Waals surface area contributed by atoms with Crippen LogP contribution < -0.4 is 10.6 Å². The molecule has 150 valence electrons. The van der Waals surface area contributed by atoms with Crippen molar-refractivity contribution in [3.05, 3.63) is 83.1 Å². The normalized spacial score (nSPS) is 11.5. The third-order valence-electron chi connectivity index (χ3n) is 4.29. The molecule has 3 aromatic rings. The van der Waals surface area contributed by atoms with Gasteiger partial charge in [0.25, 0.3) is 0 Å². The molecule has 1 aromatic heterocycles. The highest BCUT2D eigenvalue weighted by molar-refractivity contribution is 6.31. The van der Waals surface area contributed by atoms with Gasteiger partial charge in [0.1, 0.15) is 0 Å². The van der Waals surface area contributed by atoms with E-state index in [-0.39, 0.29) is 13.0 Å². The molecule has 2 amide bonds. The van der Waals surface area contributed by atoms with Crippen molar-refractivity contribution in [1.29, 1.82) is 0 Å². The predicted molar refractivity (Wildman–Crippen MR) is 110 cm³/mol. The van der Waals surface area contributed by atoms with Crippen molar-refractivity contribution >= 4 is 23.6 Å². The van der Waals surface area contributed by atoms with Gasteiger partial charge in [0.15, 0.2) is 0 Å². The van der Waals surface area contributed by atoms with E-state index < -0.39 is 18.0 Å². The number of ether oxygens (including phenoxy) is 1. The van der Waals surface area contributed by atoms with Crippen molar-refractivity contribution in [3.63, 3.8) is 0 Å². The monoisotopic (exact) mass is 412 g/mol. The maximum Gasteiger partial charge on any atom is 0.315 e. The average molecular weight is 413 g/mol. The Balaban J connectivity index is 1.62. The lowest BCUT2D eigenvalue weighted by molar-refractivity contribution is -0.141. The minimum atomic E-state index is -0.608. The van der Waals surface area contributed by atoms with Crippen LogP contribution >= 0.6 is 11.6 Å². The number of para-hydroxylation sites is 1. The number of amides is 2. The second-order valence-corrected chi connectivity index (χ2v) is 6.72. The summed E-state index contributed by atoms with van der Waals surface area (Å²) in [7, 11) is 1.30. The highest BCUT2D eigenvalue weighted by Gasteiger charge is 2.21. The minimum absolute atomic E-state index is 0.0282. The van der Waals surface area contributed by atoms with Gasteiger partial charge in [-0.2, -0.15) is 5.10 Å². The summed E-state index contributed by atoms with van der Waals surface area (Å²) in [6.45, 7) is 0.284. The first kappa shape index (κ1) is 20.4. The fraction of sp³-hybridized carbons (Fsp3) is 0.190. The molecule has 2 aromatic carbocycles. The Morgan fingerprint density at radius 2 is 1.86 bits per heavy atom. The molecule has 3 rings (SSSR count).